The first-order chi connectivity index (χ1) is 12.5. The number of hydrogen-bond acceptors (Lipinski definition) is 4. The van der Waals surface area contributed by atoms with Gasteiger partial charge in [0, 0.05) is 24.8 Å². The van der Waals surface area contributed by atoms with Gasteiger partial charge in [-0.3, -0.25) is 9.59 Å². The molecule has 0 aliphatic carbocycles. The number of amides is 2. The molecule has 2 aliphatic heterocycles. The normalized spacial score (nSPS) is 20.5. The second kappa shape index (κ2) is 6.37. The molecule has 0 bridgehead atoms. The lowest BCUT2D eigenvalue weighted by Crippen LogP contribution is -2.46. The third-order valence-electron chi connectivity index (χ3n) is 4.72. The number of para-hydroxylation sites is 2. The highest BCUT2D eigenvalue weighted by molar-refractivity contribution is 5.97. The lowest BCUT2D eigenvalue weighted by atomic mass is 10.1. The fourth-order valence-corrected chi connectivity index (χ4v) is 3.43. The van der Waals surface area contributed by atoms with E-state index in [1.54, 1.807) is 24.0 Å². The Balaban J connectivity index is 1.50. The number of nitrogens with zero attached hydrogens (tertiary/aromatic N) is 1. The number of nitrogens with one attached hydrogen (secondary N) is 1. The van der Waals surface area contributed by atoms with Crippen molar-refractivity contribution in [3.05, 3.63) is 48.0 Å². The molecule has 4 rings (SSSR count). The topological polar surface area (TPSA) is 67.9 Å². The third kappa shape index (κ3) is 2.87. The molecule has 134 valence electrons. The molecule has 0 unspecified atom stereocenters. The van der Waals surface area contributed by atoms with Gasteiger partial charge in [0.05, 0.1) is 0 Å². The molecule has 0 saturated carbocycles. The number of ether oxygens (including phenoxy) is 2. The van der Waals surface area contributed by atoms with Crippen LogP contribution in [0.4, 0.5) is 11.4 Å². The van der Waals surface area contributed by atoms with Crippen LogP contribution >= 0.6 is 0 Å². The number of anilines is 2. The van der Waals surface area contributed by atoms with Gasteiger partial charge in [-0.1, -0.05) is 12.1 Å². The van der Waals surface area contributed by atoms with Gasteiger partial charge in [-0.05, 0) is 49.2 Å². The number of hydrogen-bond donors (Lipinski definition) is 1. The molecule has 6 heteroatoms. The fourth-order valence-electron chi connectivity index (χ4n) is 3.43. The summed E-state index contributed by atoms with van der Waals surface area (Å²) in [6.45, 7) is 4.05. The lowest BCUT2D eigenvalue weighted by Gasteiger charge is -2.31. The van der Waals surface area contributed by atoms with E-state index in [1.165, 1.54) is 0 Å². The van der Waals surface area contributed by atoms with Gasteiger partial charge < -0.3 is 19.7 Å². The molecule has 2 aromatic rings. The Morgan fingerprint density at radius 1 is 1.12 bits per heavy atom. The molecule has 6 nitrogen and oxygen atoms in total. The summed E-state index contributed by atoms with van der Waals surface area (Å²) in [6, 6.07) is 12.9. The Morgan fingerprint density at radius 2 is 1.85 bits per heavy atom. The first-order valence-corrected chi connectivity index (χ1v) is 8.67. The monoisotopic (exact) mass is 352 g/mol. The highest BCUT2D eigenvalue weighted by Crippen LogP contribution is 2.34. The number of rotatable bonds is 2. The molecule has 2 aliphatic rings. The molecule has 2 atom stereocenters. The molecule has 0 spiro atoms. The number of benzene rings is 2. The number of fused-ring (bicyclic) bond motifs is 2. The van der Waals surface area contributed by atoms with Gasteiger partial charge in [-0.25, -0.2) is 0 Å². The molecule has 1 N–H and O–H groups in total. The van der Waals surface area contributed by atoms with E-state index in [0.717, 1.165) is 17.7 Å². The van der Waals surface area contributed by atoms with Crippen molar-refractivity contribution in [3.8, 4) is 11.5 Å². The van der Waals surface area contributed by atoms with Gasteiger partial charge in [0.15, 0.2) is 11.5 Å². The fraction of sp³-hybridized carbons (Fsp3) is 0.300. The first-order valence-electron chi connectivity index (χ1n) is 8.67. The van der Waals surface area contributed by atoms with Gasteiger partial charge in [0.1, 0.15) is 6.10 Å². The molecule has 2 heterocycles. The zero-order valence-corrected chi connectivity index (χ0v) is 14.7. The summed E-state index contributed by atoms with van der Waals surface area (Å²) >= 11 is 0. The van der Waals surface area contributed by atoms with Crippen LogP contribution in [0, 0.1) is 0 Å². The summed E-state index contributed by atoms with van der Waals surface area (Å²) in [7, 11) is 0. The maximum Gasteiger partial charge on any atom is 0.269 e. The Morgan fingerprint density at radius 3 is 2.58 bits per heavy atom. The van der Waals surface area contributed by atoms with Crippen molar-refractivity contribution in [2.24, 2.45) is 0 Å². The van der Waals surface area contributed by atoms with E-state index in [2.05, 4.69) is 5.32 Å². The summed E-state index contributed by atoms with van der Waals surface area (Å²) in [6.07, 6.45) is -0.342. The van der Waals surface area contributed by atoms with Crippen molar-refractivity contribution in [1.29, 1.82) is 0 Å². The maximum atomic E-state index is 12.7. The smallest absolute Gasteiger partial charge is 0.269 e. The number of carbonyl (C=O) groups excluding carboxylic acids is 2. The molecule has 0 radical (unpaired) electrons. The molecule has 2 amide bonds. The summed E-state index contributed by atoms with van der Waals surface area (Å²) < 4.78 is 11.6. The Labute approximate surface area is 151 Å². The number of carbonyl (C=O) groups is 2. The molecule has 2 aromatic carbocycles. The largest absolute Gasteiger partial charge is 0.482 e. The van der Waals surface area contributed by atoms with E-state index in [0.29, 0.717) is 23.7 Å². The molecule has 0 saturated heterocycles. The Kier molecular flexibility index (Phi) is 4.03. The van der Waals surface area contributed by atoms with Gasteiger partial charge >= 0.3 is 0 Å². The van der Waals surface area contributed by atoms with Crippen LogP contribution in [0.3, 0.4) is 0 Å². The zero-order chi connectivity index (χ0) is 18.3. The van der Waals surface area contributed by atoms with Crippen molar-refractivity contribution in [2.75, 3.05) is 16.8 Å². The van der Waals surface area contributed by atoms with Crippen LogP contribution in [-0.4, -0.2) is 30.6 Å². The average molecular weight is 352 g/mol. The van der Waals surface area contributed by atoms with Crippen molar-refractivity contribution >= 4 is 23.2 Å². The highest BCUT2D eigenvalue weighted by atomic mass is 16.6. The summed E-state index contributed by atoms with van der Waals surface area (Å²) in [5.74, 6) is 0.983. The van der Waals surface area contributed by atoms with Crippen LogP contribution in [-0.2, 0) is 16.0 Å². The molecular formula is C20H20N2O4. The zero-order valence-electron chi connectivity index (χ0n) is 14.7. The van der Waals surface area contributed by atoms with Crippen molar-refractivity contribution in [2.45, 2.75) is 32.5 Å². The van der Waals surface area contributed by atoms with E-state index in [-0.39, 0.29) is 11.8 Å². The molecular weight excluding hydrogens is 332 g/mol. The van der Waals surface area contributed by atoms with E-state index in [1.807, 2.05) is 37.3 Å². The van der Waals surface area contributed by atoms with Gasteiger partial charge in [0.25, 0.3) is 5.91 Å². The molecule has 0 aromatic heterocycles. The second-order valence-electron chi connectivity index (χ2n) is 6.56. The summed E-state index contributed by atoms with van der Waals surface area (Å²) in [5, 5.41) is 2.90. The van der Waals surface area contributed by atoms with Crippen LogP contribution < -0.4 is 19.7 Å². The minimum absolute atomic E-state index is 0.0285. The lowest BCUT2D eigenvalue weighted by molar-refractivity contribution is -0.128. The van der Waals surface area contributed by atoms with Crippen LogP contribution in [0.2, 0.25) is 0 Å². The minimum atomic E-state index is -0.730. The van der Waals surface area contributed by atoms with Gasteiger partial charge in [0.2, 0.25) is 12.0 Å². The third-order valence-corrected chi connectivity index (χ3v) is 4.72. The summed E-state index contributed by atoms with van der Waals surface area (Å²) in [5.41, 5.74) is 2.65. The van der Waals surface area contributed by atoms with Crippen LogP contribution in [0.25, 0.3) is 0 Å². The highest BCUT2D eigenvalue weighted by Gasteiger charge is 2.34. The summed E-state index contributed by atoms with van der Waals surface area (Å²) in [4.78, 5) is 26.1. The Hall–Kier alpha value is -3.02. The second-order valence-corrected chi connectivity index (χ2v) is 6.56. The molecule has 0 fully saturated rings. The van der Waals surface area contributed by atoms with E-state index < -0.39 is 12.2 Å². The van der Waals surface area contributed by atoms with Crippen molar-refractivity contribution < 1.29 is 19.1 Å². The SMILES string of the molecule is CC(=O)N1CCc2cc(NC(=O)[C@@H]3Oc4ccccc4O[C@H]3C)ccc21. The Bertz CT molecular complexity index is 880. The van der Waals surface area contributed by atoms with Gasteiger partial charge in [-0.15, -0.1) is 0 Å². The van der Waals surface area contributed by atoms with Gasteiger partial charge in [-0.2, -0.15) is 0 Å². The van der Waals surface area contributed by atoms with E-state index in [9.17, 15) is 9.59 Å². The maximum absolute atomic E-state index is 12.7. The van der Waals surface area contributed by atoms with Crippen molar-refractivity contribution in [1.82, 2.24) is 0 Å². The van der Waals surface area contributed by atoms with Crippen molar-refractivity contribution in [3.63, 3.8) is 0 Å². The quantitative estimate of drug-likeness (QED) is 0.902. The van der Waals surface area contributed by atoms with Crippen LogP contribution in [0.1, 0.15) is 19.4 Å². The minimum Gasteiger partial charge on any atom is -0.482 e. The van der Waals surface area contributed by atoms with E-state index >= 15 is 0 Å². The van der Waals surface area contributed by atoms with Crippen LogP contribution in [0.5, 0.6) is 11.5 Å². The van der Waals surface area contributed by atoms with Crippen LogP contribution in [0.15, 0.2) is 42.5 Å². The predicted octanol–water partition coefficient (Wildman–Crippen LogP) is 2.76. The first kappa shape index (κ1) is 16.4. The standard InChI is InChI=1S/C20H20N2O4/c1-12-19(26-18-6-4-3-5-17(18)25-12)20(24)21-15-7-8-16-14(11-15)9-10-22(16)13(2)23/h3-8,11-12,19H,9-10H2,1-2H3,(H,21,24)/t12-,19+/m0/s1. The molecule has 26 heavy (non-hydrogen) atoms. The van der Waals surface area contributed by atoms with E-state index in [4.69, 9.17) is 9.47 Å². The average Bonchev–Trinajstić information content (AvgIpc) is 3.04. The predicted molar refractivity (Wildman–Crippen MR) is 97.8 cm³/mol.